The first-order valence-electron chi connectivity index (χ1n) is 23.3. The highest BCUT2D eigenvalue weighted by Crippen LogP contribution is 2.47. The number of amides is 2. The Kier molecular flexibility index (Phi) is 12.5. The molecule has 312 valence electrons. The SMILES string of the molecule is CCCC(C[C@@H]1C[C@H](c2ccccc2)CCN1C(=O)c1ccc2ccccc2n1)c1ccc(C(O)C2CCC(C(=O)N3CC[C@@H](c4ccccc4)[C@@H]4CCCC[C@@H]43)C2)cc1. The number of benzene rings is 4. The molecule has 9 rings (SSSR count). The number of aliphatic hydroxyl groups is 1. The van der Waals surface area contributed by atoms with Crippen LogP contribution in [0.1, 0.15) is 147 Å². The lowest BCUT2D eigenvalue weighted by Crippen LogP contribution is -2.53. The van der Waals surface area contributed by atoms with Gasteiger partial charge in [-0.2, -0.15) is 0 Å². The van der Waals surface area contributed by atoms with Crippen LogP contribution in [0.15, 0.2) is 121 Å². The van der Waals surface area contributed by atoms with Gasteiger partial charge in [0.2, 0.25) is 5.91 Å². The first-order valence-corrected chi connectivity index (χ1v) is 23.3. The third-order valence-electron chi connectivity index (χ3n) is 15.2. The highest BCUT2D eigenvalue weighted by molar-refractivity contribution is 5.95. The first kappa shape index (κ1) is 40.6. The number of piperidine rings is 2. The summed E-state index contributed by atoms with van der Waals surface area (Å²) in [6, 6.07) is 42.9. The van der Waals surface area contributed by atoms with Gasteiger partial charge in [-0.15, -0.1) is 0 Å². The minimum atomic E-state index is -0.583. The van der Waals surface area contributed by atoms with Gasteiger partial charge in [-0.05, 0) is 128 Å². The number of pyridine rings is 1. The minimum absolute atomic E-state index is 0.000575. The molecule has 0 radical (unpaired) electrons. The Bertz CT molecular complexity index is 2210. The molecule has 2 amide bonds. The number of aromatic nitrogens is 1. The molecule has 6 nitrogen and oxygen atoms in total. The Balaban J connectivity index is 0.874. The standard InChI is InChI=1S/C54H63N3O3/c1-2-13-42(35-46-36-43(37-14-5-3-6-15-37)30-32-56(46)54(60)50-29-28-40-18-9-11-20-49(40)55-50)38-22-24-41(25-23-38)52(58)44-26-27-45(34-44)53(59)57-33-31-47(39-16-7-4-8-17-39)48-19-10-12-21-51(48)57/h3-9,11,14-18,20,22-25,28-29,42-48,51-52,58H,2,10,12-13,19,21,26-27,30-36H2,1H3/t42?,43-,44?,45?,46-,47+,48+,51+,52?/m1/s1. The van der Waals surface area contributed by atoms with Crippen LogP contribution < -0.4 is 0 Å². The molecule has 60 heavy (non-hydrogen) atoms. The quantitative estimate of drug-likeness (QED) is 0.144. The maximum Gasteiger partial charge on any atom is 0.272 e. The van der Waals surface area contributed by atoms with Crippen molar-refractivity contribution in [2.75, 3.05) is 13.1 Å². The summed E-state index contributed by atoms with van der Waals surface area (Å²) in [5, 5.41) is 12.8. The van der Waals surface area contributed by atoms with Crippen LogP contribution in [0.4, 0.5) is 0 Å². The maximum atomic E-state index is 14.3. The average Bonchev–Trinajstić information content (AvgIpc) is 3.81. The van der Waals surface area contributed by atoms with Crippen molar-refractivity contribution in [3.63, 3.8) is 0 Å². The van der Waals surface area contributed by atoms with E-state index in [2.05, 4.69) is 102 Å². The summed E-state index contributed by atoms with van der Waals surface area (Å²) >= 11 is 0. The Morgan fingerprint density at radius 3 is 2.18 bits per heavy atom. The molecule has 2 aliphatic heterocycles. The zero-order valence-electron chi connectivity index (χ0n) is 35.5. The van der Waals surface area contributed by atoms with Crippen molar-refractivity contribution in [2.24, 2.45) is 17.8 Å². The average molecular weight is 802 g/mol. The summed E-state index contributed by atoms with van der Waals surface area (Å²) in [4.78, 5) is 37.8. The summed E-state index contributed by atoms with van der Waals surface area (Å²) in [5.74, 6) is 2.22. The van der Waals surface area contributed by atoms with Crippen LogP contribution in [0.2, 0.25) is 0 Å². The third-order valence-corrected chi connectivity index (χ3v) is 15.2. The molecule has 4 unspecified atom stereocenters. The van der Waals surface area contributed by atoms with E-state index in [0.29, 0.717) is 41.9 Å². The number of hydrogen-bond acceptors (Lipinski definition) is 4. The van der Waals surface area contributed by atoms with Gasteiger partial charge in [0.05, 0.1) is 11.6 Å². The molecule has 6 heteroatoms. The smallest absolute Gasteiger partial charge is 0.272 e. The molecule has 4 fully saturated rings. The van der Waals surface area contributed by atoms with E-state index in [1.165, 1.54) is 36.0 Å². The van der Waals surface area contributed by atoms with E-state index >= 15 is 0 Å². The molecule has 3 heterocycles. The molecule has 0 spiro atoms. The lowest BCUT2D eigenvalue weighted by molar-refractivity contribution is -0.142. The Labute approximate surface area is 357 Å². The van der Waals surface area contributed by atoms with Gasteiger partial charge in [-0.3, -0.25) is 9.59 Å². The number of aliphatic hydroxyl groups excluding tert-OH is 1. The van der Waals surface area contributed by atoms with E-state index in [1.807, 2.05) is 36.4 Å². The Morgan fingerprint density at radius 2 is 1.40 bits per heavy atom. The topological polar surface area (TPSA) is 73.7 Å². The molecule has 0 bridgehead atoms. The van der Waals surface area contributed by atoms with Crippen molar-refractivity contribution in [3.05, 3.63) is 149 Å². The number of fused-ring (bicyclic) bond motifs is 2. The minimum Gasteiger partial charge on any atom is -0.388 e. The van der Waals surface area contributed by atoms with Gasteiger partial charge in [0.1, 0.15) is 5.69 Å². The van der Waals surface area contributed by atoms with E-state index in [0.717, 1.165) is 87.2 Å². The van der Waals surface area contributed by atoms with E-state index in [4.69, 9.17) is 4.98 Å². The molecule has 1 N–H and O–H groups in total. The van der Waals surface area contributed by atoms with Crippen LogP contribution in [0.25, 0.3) is 10.9 Å². The molecular weight excluding hydrogens is 739 g/mol. The van der Waals surface area contributed by atoms with Gasteiger partial charge in [0, 0.05) is 36.5 Å². The zero-order valence-corrected chi connectivity index (χ0v) is 35.5. The van der Waals surface area contributed by atoms with Crippen LogP contribution >= 0.6 is 0 Å². The number of carbonyl (C=O) groups is 2. The van der Waals surface area contributed by atoms with Gasteiger partial charge >= 0.3 is 0 Å². The number of rotatable bonds is 11. The van der Waals surface area contributed by atoms with E-state index in [1.54, 1.807) is 0 Å². The van der Waals surface area contributed by atoms with Gasteiger partial charge in [0.25, 0.3) is 5.91 Å². The lowest BCUT2D eigenvalue weighted by atomic mass is 9.69. The van der Waals surface area contributed by atoms with Crippen molar-refractivity contribution in [2.45, 2.75) is 126 Å². The lowest BCUT2D eigenvalue weighted by Gasteiger charge is -2.49. The second-order valence-electron chi connectivity index (χ2n) is 18.6. The number of nitrogens with zero attached hydrogens (tertiary/aromatic N) is 3. The molecule has 1 aromatic heterocycles. The highest BCUT2D eigenvalue weighted by Gasteiger charge is 2.45. The van der Waals surface area contributed by atoms with Crippen LogP contribution in [-0.4, -0.2) is 56.9 Å². The van der Waals surface area contributed by atoms with Gasteiger partial charge in [0.15, 0.2) is 0 Å². The van der Waals surface area contributed by atoms with Crippen LogP contribution in [0.3, 0.4) is 0 Å². The molecule has 5 aromatic rings. The first-order chi connectivity index (χ1) is 29.4. The highest BCUT2D eigenvalue weighted by atomic mass is 16.3. The molecule has 2 saturated carbocycles. The fraction of sp³-hybridized carbons (Fsp3) is 0.463. The maximum absolute atomic E-state index is 14.3. The number of hydrogen-bond donors (Lipinski definition) is 1. The largest absolute Gasteiger partial charge is 0.388 e. The summed E-state index contributed by atoms with van der Waals surface area (Å²) in [6.45, 7) is 3.81. The zero-order chi connectivity index (χ0) is 41.0. The summed E-state index contributed by atoms with van der Waals surface area (Å²) in [5.41, 5.74) is 6.38. The van der Waals surface area contributed by atoms with Crippen molar-refractivity contribution in [1.82, 2.24) is 14.8 Å². The second kappa shape index (κ2) is 18.4. The van der Waals surface area contributed by atoms with Crippen molar-refractivity contribution < 1.29 is 14.7 Å². The second-order valence-corrected chi connectivity index (χ2v) is 18.6. The van der Waals surface area contributed by atoms with E-state index in [-0.39, 0.29) is 29.7 Å². The third kappa shape index (κ3) is 8.55. The number of likely N-dealkylation sites (tertiary alicyclic amines) is 2. The van der Waals surface area contributed by atoms with Crippen LogP contribution in [0.5, 0.6) is 0 Å². The van der Waals surface area contributed by atoms with Crippen molar-refractivity contribution >= 4 is 22.7 Å². The Hall–Kier alpha value is -4.81. The van der Waals surface area contributed by atoms with Crippen LogP contribution in [-0.2, 0) is 4.79 Å². The molecule has 2 saturated heterocycles. The summed E-state index contributed by atoms with van der Waals surface area (Å²) < 4.78 is 0. The number of para-hydroxylation sites is 1. The Morgan fingerprint density at radius 1 is 0.700 bits per heavy atom. The van der Waals surface area contributed by atoms with Crippen LogP contribution in [0, 0.1) is 17.8 Å². The molecular formula is C54H63N3O3. The van der Waals surface area contributed by atoms with Crippen molar-refractivity contribution in [1.29, 1.82) is 0 Å². The fourth-order valence-corrected chi connectivity index (χ4v) is 12.0. The predicted octanol–water partition coefficient (Wildman–Crippen LogP) is 11.6. The monoisotopic (exact) mass is 801 g/mol. The fourth-order valence-electron chi connectivity index (χ4n) is 12.0. The molecule has 4 aromatic carbocycles. The predicted molar refractivity (Wildman–Crippen MR) is 241 cm³/mol. The van der Waals surface area contributed by atoms with Gasteiger partial charge < -0.3 is 14.9 Å². The molecule has 9 atom stereocenters. The number of carbonyl (C=O) groups excluding carboxylic acids is 2. The van der Waals surface area contributed by atoms with E-state index in [9.17, 15) is 14.7 Å². The van der Waals surface area contributed by atoms with Crippen molar-refractivity contribution in [3.8, 4) is 0 Å². The van der Waals surface area contributed by atoms with E-state index < -0.39 is 6.10 Å². The summed E-state index contributed by atoms with van der Waals surface area (Å²) in [7, 11) is 0. The molecule has 4 aliphatic rings. The normalized spacial score (nSPS) is 26.7. The van der Waals surface area contributed by atoms with Gasteiger partial charge in [-0.1, -0.05) is 135 Å². The van der Waals surface area contributed by atoms with Gasteiger partial charge in [-0.25, -0.2) is 4.98 Å². The molecule has 2 aliphatic carbocycles. The summed E-state index contributed by atoms with van der Waals surface area (Å²) in [6.07, 6.45) is 12.6.